The van der Waals surface area contributed by atoms with Gasteiger partial charge in [0.1, 0.15) is 5.75 Å². The molecule has 0 radical (unpaired) electrons. The van der Waals surface area contributed by atoms with Crippen LogP contribution in [0.25, 0.3) is 0 Å². The van der Waals surface area contributed by atoms with E-state index in [1.165, 1.54) is 6.07 Å². The van der Waals surface area contributed by atoms with E-state index >= 15 is 0 Å². The molecule has 6 nitrogen and oxygen atoms in total. The van der Waals surface area contributed by atoms with Crippen LogP contribution in [-0.4, -0.2) is 15.6 Å². The Morgan fingerprint density at radius 3 is 2.61 bits per heavy atom. The fourth-order valence-electron chi connectivity index (χ4n) is 3.85. The second kappa shape index (κ2) is 6.49. The molecule has 5 rings (SSSR count). The normalized spacial score (nSPS) is 20.0. The van der Waals surface area contributed by atoms with Gasteiger partial charge in [0.05, 0.1) is 16.7 Å². The minimum atomic E-state index is -0.513. The maximum absolute atomic E-state index is 11.2. The van der Waals surface area contributed by atoms with Crippen molar-refractivity contribution in [1.29, 1.82) is 0 Å². The van der Waals surface area contributed by atoms with Crippen LogP contribution in [-0.2, 0) is 0 Å². The third-order valence-electron chi connectivity index (χ3n) is 5.17. The van der Waals surface area contributed by atoms with Crippen LogP contribution >= 0.6 is 0 Å². The molecule has 2 atom stereocenters. The van der Waals surface area contributed by atoms with Gasteiger partial charge in [0.2, 0.25) is 6.23 Å². The van der Waals surface area contributed by atoms with E-state index in [1.807, 2.05) is 59.6 Å². The van der Waals surface area contributed by atoms with Gasteiger partial charge in [0.15, 0.2) is 0 Å². The molecule has 0 bridgehead atoms. The fourth-order valence-corrected chi connectivity index (χ4v) is 3.85. The molecule has 0 saturated heterocycles. The molecule has 0 aliphatic carbocycles. The molecule has 3 aromatic carbocycles. The van der Waals surface area contributed by atoms with Gasteiger partial charge < -0.3 is 4.74 Å². The highest BCUT2D eigenvalue weighted by Crippen LogP contribution is 2.47. The minimum absolute atomic E-state index is 0.0319. The van der Waals surface area contributed by atoms with Gasteiger partial charge in [-0.2, -0.15) is 5.10 Å². The van der Waals surface area contributed by atoms with E-state index in [4.69, 9.17) is 9.84 Å². The lowest BCUT2D eigenvalue weighted by Crippen LogP contribution is -2.33. The molecule has 2 unspecified atom stereocenters. The lowest BCUT2D eigenvalue weighted by Gasteiger charge is -2.38. The summed E-state index contributed by atoms with van der Waals surface area (Å²) in [6, 6.07) is 24.6. The van der Waals surface area contributed by atoms with E-state index in [1.54, 1.807) is 12.1 Å². The first kappa shape index (κ1) is 16.5. The maximum atomic E-state index is 11.2. The average Bonchev–Trinajstić information content (AvgIpc) is 3.20. The summed E-state index contributed by atoms with van der Waals surface area (Å²) in [5.74, 6) is 0.796. The zero-order valence-corrected chi connectivity index (χ0v) is 14.9. The topological polar surface area (TPSA) is 68.0 Å². The van der Waals surface area contributed by atoms with E-state index in [2.05, 4.69) is 6.07 Å². The second-order valence-corrected chi connectivity index (χ2v) is 6.87. The van der Waals surface area contributed by atoms with Crippen molar-refractivity contribution in [2.24, 2.45) is 5.10 Å². The SMILES string of the molecule is O=[N+]([O-])c1cccc(C2Oc3ccccc3C3CC(c4ccccc4)=NN32)c1. The maximum Gasteiger partial charge on any atom is 0.269 e. The van der Waals surface area contributed by atoms with Gasteiger partial charge in [0, 0.05) is 29.7 Å². The molecule has 2 aliphatic heterocycles. The number of nitro groups is 1. The molecule has 6 heteroatoms. The Bertz CT molecular complexity index is 1080. The Morgan fingerprint density at radius 1 is 1.00 bits per heavy atom. The molecular weight excluding hydrogens is 354 g/mol. The van der Waals surface area contributed by atoms with Crippen LogP contribution in [0, 0.1) is 10.1 Å². The third kappa shape index (κ3) is 2.70. The highest BCUT2D eigenvalue weighted by Gasteiger charge is 2.41. The molecule has 2 heterocycles. The standard InChI is InChI=1S/C22H17N3O3/c26-25(27)17-10-6-9-16(13-17)22-24-20(18-11-4-5-12-21(18)28-22)14-19(23-24)15-7-2-1-3-8-15/h1-13,20,22H,14H2. The summed E-state index contributed by atoms with van der Waals surface area (Å²) in [6.07, 6.45) is 0.247. The van der Waals surface area contributed by atoms with E-state index in [0.717, 1.165) is 29.0 Å². The zero-order chi connectivity index (χ0) is 19.1. The smallest absolute Gasteiger partial charge is 0.269 e. The Hall–Kier alpha value is -3.67. The molecule has 28 heavy (non-hydrogen) atoms. The summed E-state index contributed by atoms with van der Waals surface area (Å²) in [5, 5.41) is 18.0. The number of non-ortho nitro benzene ring substituents is 1. The second-order valence-electron chi connectivity index (χ2n) is 6.87. The number of nitrogens with zero attached hydrogens (tertiary/aromatic N) is 3. The van der Waals surface area contributed by atoms with Crippen LogP contribution in [0.3, 0.4) is 0 Å². The molecule has 0 aromatic heterocycles. The van der Waals surface area contributed by atoms with E-state index in [9.17, 15) is 10.1 Å². The van der Waals surface area contributed by atoms with Gasteiger partial charge in [0.25, 0.3) is 5.69 Å². The lowest BCUT2D eigenvalue weighted by molar-refractivity contribution is -0.385. The molecule has 0 N–H and O–H groups in total. The first-order valence-corrected chi connectivity index (χ1v) is 9.12. The van der Waals surface area contributed by atoms with Crippen molar-refractivity contribution < 1.29 is 9.66 Å². The number of nitro benzene ring substituents is 1. The predicted molar refractivity (Wildman–Crippen MR) is 105 cm³/mol. The molecule has 0 saturated carbocycles. The summed E-state index contributed by atoms with van der Waals surface area (Å²) in [7, 11) is 0. The molecular formula is C22H17N3O3. The number of para-hydroxylation sites is 1. The predicted octanol–water partition coefficient (Wildman–Crippen LogP) is 4.84. The summed E-state index contributed by atoms with van der Waals surface area (Å²) < 4.78 is 6.25. The van der Waals surface area contributed by atoms with Gasteiger partial charge in [-0.1, -0.05) is 60.7 Å². The third-order valence-corrected chi connectivity index (χ3v) is 5.17. The van der Waals surface area contributed by atoms with E-state index < -0.39 is 6.23 Å². The summed E-state index contributed by atoms with van der Waals surface area (Å²) in [4.78, 5) is 10.8. The van der Waals surface area contributed by atoms with Crippen LogP contribution in [0.1, 0.15) is 35.4 Å². The quantitative estimate of drug-likeness (QED) is 0.488. The number of hydrazone groups is 1. The Morgan fingerprint density at radius 2 is 1.79 bits per heavy atom. The van der Waals surface area contributed by atoms with E-state index in [0.29, 0.717) is 5.56 Å². The van der Waals surface area contributed by atoms with Crippen molar-refractivity contribution in [3.8, 4) is 5.75 Å². The van der Waals surface area contributed by atoms with Gasteiger partial charge in [-0.3, -0.25) is 10.1 Å². The number of hydrogen-bond donors (Lipinski definition) is 0. The average molecular weight is 371 g/mol. The minimum Gasteiger partial charge on any atom is -0.464 e. The molecule has 0 fully saturated rings. The summed E-state index contributed by atoms with van der Waals surface area (Å²) >= 11 is 0. The zero-order valence-electron chi connectivity index (χ0n) is 14.9. The fraction of sp³-hybridized carbons (Fsp3) is 0.136. The van der Waals surface area contributed by atoms with Crippen molar-refractivity contribution in [2.75, 3.05) is 0 Å². The monoisotopic (exact) mass is 371 g/mol. The van der Waals surface area contributed by atoms with Gasteiger partial charge in [-0.15, -0.1) is 0 Å². The van der Waals surface area contributed by atoms with Crippen molar-refractivity contribution >= 4 is 11.4 Å². The lowest BCUT2D eigenvalue weighted by atomic mass is 9.96. The first-order valence-electron chi connectivity index (χ1n) is 9.12. The highest BCUT2D eigenvalue weighted by atomic mass is 16.6. The van der Waals surface area contributed by atoms with Gasteiger partial charge in [-0.25, -0.2) is 5.01 Å². The van der Waals surface area contributed by atoms with Crippen molar-refractivity contribution in [2.45, 2.75) is 18.7 Å². The molecule has 0 amide bonds. The van der Waals surface area contributed by atoms with Crippen LogP contribution in [0.5, 0.6) is 5.75 Å². The highest BCUT2D eigenvalue weighted by molar-refractivity contribution is 6.01. The molecule has 138 valence electrons. The van der Waals surface area contributed by atoms with Crippen molar-refractivity contribution in [3.63, 3.8) is 0 Å². The van der Waals surface area contributed by atoms with E-state index in [-0.39, 0.29) is 16.7 Å². The first-order chi connectivity index (χ1) is 13.7. The largest absolute Gasteiger partial charge is 0.464 e. The van der Waals surface area contributed by atoms with Crippen molar-refractivity contribution in [1.82, 2.24) is 5.01 Å². The van der Waals surface area contributed by atoms with Crippen molar-refractivity contribution in [3.05, 3.63) is 106 Å². The van der Waals surface area contributed by atoms with Gasteiger partial charge >= 0.3 is 0 Å². The number of fused-ring (bicyclic) bond motifs is 3. The Balaban J connectivity index is 1.60. The van der Waals surface area contributed by atoms with Crippen LogP contribution < -0.4 is 4.74 Å². The summed E-state index contributed by atoms with van der Waals surface area (Å²) in [5.41, 5.74) is 3.90. The molecule has 3 aromatic rings. The number of ether oxygens (including phenoxy) is 1. The number of rotatable bonds is 3. The summed E-state index contributed by atoms with van der Waals surface area (Å²) in [6.45, 7) is 0. The van der Waals surface area contributed by atoms with Crippen LogP contribution in [0.4, 0.5) is 5.69 Å². The molecule has 0 spiro atoms. The Kier molecular flexibility index (Phi) is 3.83. The van der Waals surface area contributed by atoms with Gasteiger partial charge in [-0.05, 0) is 11.6 Å². The Labute approximate surface area is 161 Å². The number of hydrogen-bond acceptors (Lipinski definition) is 5. The van der Waals surface area contributed by atoms with Crippen LogP contribution in [0.2, 0.25) is 0 Å². The molecule has 2 aliphatic rings. The number of benzene rings is 3. The van der Waals surface area contributed by atoms with Crippen LogP contribution in [0.15, 0.2) is 84.0 Å².